The van der Waals surface area contributed by atoms with E-state index >= 15 is 0 Å². The molecule has 0 radical (unpaired) electrons. The standard InChI is InChI=1S/C12H14N2O/c1-3-10-8-14(13-12(10)15)11-6-4-5-9(2)7-11/h4-8H,3H2,1-2H3,(H,13,15). The summed E-state index contributed by atoms with van der Waals surface area (Å²) in [7, 11) is 0. The van der Waals surface area contributed by atoms with Crippen molar-refractivity contribution in [2.75, 3.05) is 0 Å². The predicted molar refractivity (Wildman–Crippen MR) is 60.5 cm³/mol. The molecule has 0 unspecified atom stereocenters. The average molecular weight is 202 g/mol. The number of nitrogens with zero attached hydrogens (tertiary/aromatic N) is 1. The van der Waals surface area contributed by atoms with Crippen molar-refractivity contribution in [1.82, 2.24) is 9.78 Å². The van der Waals surface area contributed by atoms with Gasteiger partial charge in [0, 0.05) is 11.8 Å². The van der Waals surface area contributed by atoms with Crippen molar-refractivity contribution in [2.24, 2.45) is 0 Å². The fraction of sp³-hybridized carbons (Fsp3) is 0.250. The molecule has 0 aliphatic rings. The summed E-state index contributed by atoms with van der Waals surface area (Å²) in [6.07, 6.45) is 2.62. The Bertz CT molecular complexity index is 522. The van der Waals surface area contributed by atoms with Crippen molar-refractivity contribution in [3.05, 3.63) is 51.9 Å². The minimum absolute atomic E-state index is 0.000920. The number of hydrogen-bond acceptors (Lipinski definition) is 1. The molecule has 1 heterocycles. The molecule has 3 nitrogen and oxygen atoms in total. The van der Waals surface area contributed by atoms with Crippen LogP contribution < -0.4 is 5.56 Å². The van der Waals surface area contributed by atoms with Crippen LogP contribution in [0.15, 0.2) is 35.3 Å². The zero-order valence-electron chi connectivity index (χ0n) is 8.95. The normalized spacial score (nSPS) is 10.5. The second kappa shape index (κ2) is 3.77. The maximum absolute atomic E-state index is 11.5. The number of aryl methyl sites for hydroxylation is 2. The molecule has 2 aromatic rings. The molecule has 0 aliphatic heterocycles. The van der Waals surface area contributed by atoms with Crippen LogP contribution in [0.25, 0.3) is 5.69 Å². The third-order valence-corrected chi connectivity index (χ3v) is 2.46. The number of hydrogen-bond donors (Lipinski definition) is 1. The Hall–Kier alpha value is -1.77. The fourth-order valence-corrected chi connectivity index (χ4v) is 1.60. The molecule has 0 aliphatic carbocycles. The van der Waals surface area contributed by atoms with Gasteiger partial charge in [0.25, 0.3) is 5.56 Å². The first-order valence-electron chi connectivity index (χ1n) is 5.08. The molecule has 1 aromatic carbocycles. The van der Waals surface area contributed by atoms with Gasteiger partial charge in [-0.3, -0.25) is 14.6 Å². The van der Waals surface area contributed by atoms with Crippen molar-refractivity contribution in [3.8, 4) is 5.69 Å². The van der Waals surface area contributed by atoms with E-state index in [4.69, 9.17) is 0 Å². The van der Waals surface area contributed by atoms with Crippen LogP contribution in [0.5, 0.6) is 0 Å². The highest BCUT2D eigenvalue weighted by atomic mass is 16.1. The molecule has 1 aromatic heterocycles. The molecule has 0 spiro atoms. The first-order valence-corrected chi connectivity index (χ1v) is 5.08. The van der Waals surface area contributed by atoms with Gasteiger partial charge in [0.05, 0.1) is 5.69 Å². The van der Waals surface area contributed by atoms with E-state index in [-0.39, 0.29) is 5.56 Å². The van der Waals surface area contributed by atoms with Crippen LogP contribution in [0.1, 0.15) is 18.1 Å². The van der Waals surface area contributed by atoms with Gasteiger partial charge < -0.3 is 0 Å². The average Bonchev–Trinajstić information content (AvgIpc) is 2.60. The minimum atomic E-state index is -0.000920. The maximum atomic E-state index is 11.5. The van der Waals surface area contributed by atoms with Gasteiger partial charge >= 0.3 is 0 Å². The lowest BCUT2D eigenvalue weighted by Gasteiger charge is -2.02. The summed E-state index contributed by atoms with van der Waals surface area (Å²) >= 11 is 0. The first-order chi connectivity index (χ1) is 7.20. The minimum Gasteiger partial charge on any atom is -0.268 e. The van der Waals surface area contributed by atoms with Crippen molar-refractivity contribution in [2.45, 2.75) is 20.3 Å². The monoisotopic (exact) mass is 202 g/mol. The Morgan fingerprint density at radius 3 is 2.80 bits per heavy atom. The fourth-order valence-electron chi connectivity index (χ4n) is 1.60. The summed E-state index contributed by atoms with van der Waals surface area (Å²) in [6, 6.07) is 8.03. The maximum Gasteiger partial charge on any atom is 0.267 e. The largest absolute Gasteiger partial charge is 0.268 e. The summed E-state index contributed by atoms with van der Waals surface area (Å²) in [5.41, 5.74) is 2.99. The van der Waals surface area contributed by atoms with Crippen molar-refractivity contribution in [1.29, 1.82) is 0 Å². The van der Waals surface area contributed by atoms with E-state index in [0.29, 0.717) is 0 Å². The molecular weight excluding hydrogens is 188 g/mol. The number of aromatic nitrogens is 2. The van der Waals surface area contributed by atoms with Gasteiger partial charge in [-0.25, -0.2) is 0 Å². The van der Waals surface area contributed by atoms with E-state index in [9.17, 15) is 4.79 Å². The molecule has 2 rings (SSSR count). The molecule has 1 N–H and O–H groups in total. The SMILES string of the molecule is CCc1cn(-c2cccc(C)c2)[nH]c1=O. The van der Waals surface area contributed by atoms with E-state index in [1.165, 1.54) is 5.56 Å². The van der Waals surface area contributed by atoms with Gasteiger partial charge in [-0.1, -0.05) is 19.1 Å². The third kappa shape index (κ3) is 1.86. The van der Waals surface area contributed by atoms with Crippen LogP contribution in [-0.4, -0.2) is 9.78 Å². The van der Waals surface area contributed by atoms with Gasteiger partial charge in [0.15, 0.2) is 0 Å². The highest BCUT2D eigenvalue weighted by molar-refractivity contribution is 5.35. The number of benzene rings is 1. The van der Waals surface area contributed by atoms with Crippen molar-refractivity contribution in [3.63, 3.8) is 0 Å². The molecule has 0 fully saturated rings. The molecule has 15 heavy (non-hydrogen) atoms. The zero-order valence-corrected chi connectivity index (χ0v) is 8.95. The zero-order chi connectivity index (χ0) is 10.8. The summed E-state index contributed by atoms with van der Waals surface area (Å²) in [6.45, 7) is 4.01. The lowest BCUT2D eigenvalue weighted by atomic mass is 10.2. The quantitative estimate of drug-likeness (QED) is 0.795. The van der Waals surface area contributed by atoms with Crippen LogP contribution in [0.4, 0.5) is 0 Å². The van der Waals surface area contributed by atoms with E-state index in [2.05, 4.69) is 5.10 Å². The van der Waals surface area contributed by atoms with Crippen LogP contribution in [0, 0.1) is 6.92 Å². The summed E-state index contributed by atoms with van der Waals surface area (Å²) in [5.74, 6) is 0. The Balaban J connectivity index is 2.50. The third-order valence-electron chi connectivity index (χ3n) is 2.46. The highest BCUT2D eigenvalue weighted by Gasteiger charge is 2.02. The molecular formula is C12H14N2O. The molecule has 0 amide bonds. The number of H-pyrrole nitrogens is 1. The predicted octanol–water partition coefficient (Wildman–Crippen LogP) is 2.04. The topological polar surface area (TPSA) is 37.8 Å². The molecule has 0 saturated carbocycles. The Kier molecular flexibility index (Phi) is 2.46. The number of nitrogens with one attached hydrogen (secondary N) is 1. The number of rotatable bonds is 2. The Morgan fingerprint density at radius 1 is 1.40 bits per heavy atom. The Labute approximate surface area is 88.4 Å². The molecule has 0 saturated heterocycles. The van der Waals surface area contributed by atoms with Gasteiger partial charge in [0.2, 0.25) is 0 Å². The van der Waals surface area contributed by atoms with Crippen molar-refractivity contribution < 1.29 is 0 Å². The molecule has 0 atom stereocenters. The van der Waals surface area contributed by atoms with Crippen LogP contribution in [0.3, 0.4) is 0 Å². The lowest BCUT2D eigenvalue weighted by molar-refractivity contribution is 0.863. The first kappa shape index (κ1) is 9.77. The van der Waals surface area contributed by atoms with Crippen molar-refractivity contribution >= 4 is 0 Å². The van der Waals surface area contributed by atoms with Crippen LogP contribution in [0.2, 0.25) is 0 Å². The lowest BCUT2D eigenvalue weighted by Crippen LogP contribution is -2.06. The van der Waals surface area contributed by atoms with E-state index < -0.39 is 0 Å². The molecule has 0 bridgehead atoms. The van der Waals surface area contributed by atoms with Gasteiger partial charge in [0.1, 0.15) is 0 Å². The second-order valence-electron chi connectivity index (χ2n) is 3.66. The van der Waals surface area contributed by atoms with Crippen LogP contribution >= 0.6 is 0 Å². The van der Waals surface area contributed by atoms with E-state index in [0.717, 1.165) is 17.7 Å². The van der Waals surface area contributed by atoms with Gasteiger partial charge in [-0.15, -0.1) is 0 Å². The van der Waals surface area contributed by atoms with Gasteiger partial charge in [-0.2, -0.15) is 0 Å². The highest BCUT2D eigenvalue weighted by Crippen LogP contribution is 2.08. The van der Waals surface area contributed by atoms with E-state index in [1.807, 2.05) is 44.3 Å². The Morgan fingerprint density at radius 2 is 2.20 bits per heavy atom. The smallest absolute Gasteiger partial charge is 0.267 e. The summed E-state index contributed by atoms with van der Waals surface area (Å²) < 4.78 is 1.77. The summed E-state index contributed by atoms with van der Waals surface area (Å²) in [5, 5.41) is 2.80. The molecule has 78 valence electrons. The number of aromatic amines is 1. The van der Waals surface area contributed by atoms with Crippen LogP contribution in [-0.2, 0) is 6.42 Å². The van der Waals surface area contributed by atoms with E-state index in [1.54, 1.807) is 4.68 Å². The van der Waals surface area contributed by atoms with Gasteiger partial charge in [-0.05, 0) is 31.0 Å². The molecule has 3 heteroatoms. The summed E-state index contributed by atoms with van der Waals surface area (Å²) in [4.78, 5) is 11.5. The second-order valence-corrected chi connectivity index (χ2v) is 3.66.